The minimum absolute atomic E-state index is 0.00680. The van der Waals surface area contributed by atoms with Crippen molar-refractivity contribution in [2.24, 2.45) is 0 Å². The summed E-state index contributed by atoms with van der Waals surface area (Å²) in [4.78, 5) is 33.1. The fourth-order valence-electron chi connectivity index (χ4n) is 5.82. The number of carbonyl (C=O) groups excluding carboxylic acids is 2. The summed E-state index contributed by atoms with van der Waals surface area (Å²) in [6.45, 7) is 7.80. The highest BCUT2D eigenvalue weighted by Gasteiger charge is 2.37. The molecule has 0 saturated carbocycles. The fourth-order valence-corrected chi connectivity index (χ4v) is 5.82. The molecule has 0 spiro atoms. The molecule has 4 aromatic carbocycles. The van der Waals surface area contributed by atoms with Crippen LogP contribution in [0.1, 0.15) is 46.3 Å². The number of hydrogen-bond donors (Lipinski definition) is 1. The smallest absolute Gasteiger partial charge is 0.260 e. The van der Waals surface area contributed by atoms with Crippen molar-refractivity contribution >= 4 is 28.9 Å². The summed E-state index contributed by atoms with van der Waals surface area (Å²) in [5.41, 5.74) is 4.75. The van der Waals surface area contributed by atoms with Crippen LogP contribution >= 0.6 is 0 Å². The van der Waals surface area contributed by atoms with Crippen molar-refractivity contribution in [2.45, 2.75) is 20.0 Å². The number of anilines is 3. The largest absolute Gasteiger partial charge is 0.494 e. The Bertz CT molecular complexity index is 1600. The highest BCUT2D eigenvalue weighted by molar-refractivity contribution is 6.11. The lowest BCUT2D eigenvalue weighted by Crippen LogP contribution is -2.48. The topological polar surface area (TPSA) is 74.4 Å². The Kier molecular flexibility index (Phi) is 8.18. The third kappa shape index (κ3) is 5.73. The molecule has 0 aromatic heterocycles. The summed E-state index contributed by atoms with van der Waals surface area (Å²) < 4.78 is 11.4. The normalized spacial score (nSPS) is 16.2. The monoisotopic (exact) mass is 576 g/mol. The molecule has 8 nitrogen and oxygen atoms in total. The Morgan fingerprint density at radius 2 is 1.53 bits per heavy atom. The average molecular weight is 577 g/mol. The lowest BCUT2D eigenvalue weighted by atomic mass is 10.1. The number of piperazine rings is 1. The van der Waals surface area contributed by atoms with E-state index in [9.17, 15) is 9.59 Å². The summed E-state index contributed by atoms with van der Waals surface area (Å²) in [7, 11) is 0. The second-order valence-corrected chi connectivity index (χ2v) is 10.5. The lowest BCUT2D eigenvalue weighted by molar-refractivity contribution is 0.0746. The van der Waals surface area contributed by atoms with Gasteiger partial charge in [0.05, 0.1) is 18.9 Å². The quantitative estimate of drug-likeness (QED) is 0.255. The van der Waals surface area contributed by atoms with Gasteiger partial charge in [-0.1, -0.05) is 36.4 Å². The van der Waals surface area contributed by atoms with E-state index in [1.54, 1.807) is 4.90 Å². The van der Waals surface area contributed by atoms with Crippen molar-refractivity contribution in [3.8, 4) is 11.5 Å². The molecule has 1 fully saturated rings. The summed E-state index contributed by atoms with van der Waals surface area (Å²) in [6.07, 6.45) is -0.430. The third-order valence-corrected chi connectivity index (χ3v) is 7.87. The molecule has 0 radical (unpaired) electrons. The molecule has 220 valence electrons. The summed E-state index contributed by atoms with van der Waals surface area (Å²) in [6, 6.07) is 30.8. The summed E-state index contributed by atoms with van der Waals surface area (Å²) in [5.74, 6) is 1.54. The molecule has 1 unspecified atom stereocenters. The number of ether oxygens (including phenoxy) is 2. The van der Waals surface area contributed by atoms with E-state index in [0.29, 0.717) is 37.4 Å². The minimum Gasteiger partial charge on any atom is -0.494 e. The van der Waals surface area contributed by atoms with Gasteiger partial charge in [-0.3, -0.25) is 14.5 Å². The van der Waals surface area contributed by atoms with Crippen LogP contribution in [0, 0.1) is 0 Å². The maximum absolute atomic E-state index is 13.6. The van der Waals surface area contributed by atoms with Gasteiger partial charge >= 0.3 is 0 Å². The number of rotatable bonds is 9. The predicted molar refractivity (Wildman–Crippen MR) is 169 cm³/mol. The molecule has 4 aromatic rings. The molecule has 6 rings (SSSR count). The highest BCUT2D eigenvalue weighted by Crippen LogP contribution is 2.38. The van der Waals surface area contributed by atoms with E-state index in [-0.39, 0.29) is 11.8 Å². The molecular formula is C35H36N4O4. The predicted octanol–water partition coefficient (Wildman–Crippen LogP) is 6.22. The Balaban J connectivity index is 1.19. The molecule has 1 atom stereocenters. The van der Waals surface area contributed by atoms with E-state index in [2.05, 4.69) is 16.3 Å². The molecule has 2 amide bonds. The van der Waals surface area contributed by atoms with Crippen LogP contribution in [0.3, 0.4) is 0 Å². The van der Waals surface area contributed by atoms with Crippen molar-refractivity contribution in [1.82, 2.24) is 4.90 Å². The molecule has 2 aliphatic heterocycles. The maximum Gasteiger partial charge on any atom is 0.260 e. The number of amides is 2. The second-order valence-electron chi connectivity index (χ2n) is 10.5. The number of benzene rings is 4. The first-order valence-corrected chi connectivity index (χ1v) is 14.9. The van der Waals surface area contributed by atoms with Gasteiger partial charge in [0.1, 0.15) is 17.7 Å². The molecule has 43 heavy (non-hydrogen) atoms. The van der Waals surface area contributed by atoms with Crippen LogP contribution in [-0.2, 0) is 0 Å². The number of para-hydroxylation sites is 2. The van der Waals surface area contributed by atoms with E-state index < -0.39 is 6.17 Å². The number of nitrogens with zero attached hydrogens (tertiary/aromatic N) is 3. The van der Waals surface area contributed by atoms with Gasteiger partial charge < -0.3 is 24.6 Å². The summed E-state index contributed by atoms with van der Waals surface area (Å²) in [5, 5.41) is 3.54. The molecular weight excluding hydrogens is 540 g/mol. The van der Waals surface area contributed by atoms with Crippen LogP contribution < -0.4 is 24.6 Å². The SMILES string of the molecule is CCOc1ccc(N2C(=O)c3ccccc3C2Nc2cccc(C(=O)N3CCN(c4ccccc4OCC)CC3)c2)cc1. The zero-order valence-corrected chi connectivity index (χ0v) is 24.5. The van der Waals surface area contributed by atoms with E-state index in [1.807, 2.05) is 110 Å². The van der Waals surface area contributed by atoms with E-state index in [1.165, 1.54) is 0 Å². The Morgan fingerprint density at radius 3 is 2.30 bits per heavy atom. The van der Waals surface area contributed by atoms with Crippen LogP contribution in [-0.4, -0.2) is 56.1 Å². The van der Waals surface area contributed by atoms with Crippen molar-refractivity contribution in [2.75, 3.05) is 54.5 Å². The molecule has 0 bridgehead atoms. The van der Waals surface area contributed by atoms with Gasteiger partial charge in [-0.05, 0) is 74.5 Å². The van der Waals surface area contributed by atoms with E-state index >= 15 is 0 Å². The number of nitrogens with one attached hydrogen (secondary N) is 1. The molecule has 1 N–H and O–H groups in total. The van der Waals surface area contributed by atoms with Crippen LogP contribution in [0.5, 0.6) is 11.5 Å². The van der Waals surface area contributed by atoms with Crippen molar-refractivity contribution in [3.05, 3.63) is 114 Å². The van der Waals surface area contributed by atoms with Gasteiger partial charge in [-0.25, -0.2) is 0 Å². The Labute approximate surface area is 252 Å². The second kappa shape index (κ2) is 12.5. The molecule has 0 aliphatic carbocycles. The molecule has 2 aliphatic rings. The van der Waals surface area contributed by atoms with Gasteiger partial charge in [0.25, 0.3) is 11.8 Å². The van der Waals surface area contributed by atoms with Crippen LogP contribution in [0.15, 0.2) is 97.1 Å². The third-order valence-electron chi connectivity index (χ3n) is 7.87. The van der Waals surface area contributed by atoms with E-state index in [0.717, 1.165) is 47.2 Å². The van der Waals surface area contributed by atoms with Crippen molar-refractivity contribution < 1.29 is 19.1 Å². The van der Waals surface area contributed by atoms with E-state index in [4.69, 9.17) is 9.47 Å². The Hall–Kier alpha value is -4.98. The van der Waals surface area contributed by atoms with Crippen molar-refractivity contribution in [3.63, 3.8) is 0 Å². The van der Waals surface area contributed by atoms with Gasteiger partial charge in [0, 0.05) is 54.2 Å². The van der Waals surface area contributed by atoms with Gasteiger partial charge in [0.2, 0.25) is 0 Å². The summed E-state index contributed by atoms with van der Waals surface area (Å²) >= 11 is 0. The van der Waals surface area contributed by atoms with Gasteiger partial charge in [-0.15, -0.1) is 0 Å². The minimum atomic E-state index is -0.430. The van der Waals surface area contributed by atoms with Gasteiger partial charge in [-0.2, -0.15) is 0 Å². The number of fused-ring (bicyclic) bond motifs is 1. The van der Waals surface area contributed by atoms with Crippen LogP contribution in [0.4, 0.5) is 17.1 Å². The Morgan fingerprint density at radius 1 is 0.814 bits per heavy atom. The standard InChI is InChI=1S/C35H36N4O4/c1-3-42-28-18-16-27(17-19-28)39-33(29-12-5-6-13-30(29)35(39)41)36-26-11-9-10-25(24-26)34(40)38-22-20-37(21-23-38)31-14-7-8-15-32(31)43-4-2/h5-19,24,33,36H,3-4,20-23H2,1-2H3. The maximum atomic E-state index is 13.6. The molecule has 1 saturated heterocycles. The van der Waals surface area contributed by atoms with Crippen molar-refractivity contribution in [1.29, 1.82) is 0 Å². The zero-order valence-electron chi connectivity index (χ0n) is 24.5. The van der Waals surface area contributed by atoms with Crippen LogP contribution in [0.2, 0.25) is 0 Å². The average Bonchev–Trinajstić information content (AvgIpc) is 3.32. The first-order valence-electron chi connectivity index (χ1n) is 14.9. The molecule has 8 heteroatoms. The number of hydrogen-bond acceptors (Lipinski definition) is 6. The number of carbonyl (C=O) groups is 2. The van der Waals surface area contributed by atoms with Gasteiger partial charge in [0.15, 0.2) is 0 Å². The van der Waals surface area contributed by atoms with Crippen LogP contribution in [0.25, 0.3) is 0 Å². The zero-order chi connectivity index (χ0) is 29.8. The first-order chi connectivity index (χ1) is 21.1. The first kappa shape index (κ1) is 28.2. The highest BCUT2D eigenvalue weighted by atomic mass is 16.5. The molecule has 2 heterocycles. The lowest BCUT2D eigenvalue weighted by Gasteiger charge is -2.36. The fraction of sp³-hybridized carbons (Fsp3) is 0.257.